The van der Waals surface area contributed by atoms with Crippen molar-refractivity contribution in [1.29, 1.82) is 0 Å². The molecule has 1 aromatic carbocycles. The molecule has 5 nitrogen and oxygen atoms in total. The van der Waals surface area contributed by atoms with Gasteiger partial charge >= 0.3 is 0 Å². The molecule has 0 fully saturated rings. The van der Waals surface area contributed by atoms with Crippen molar-refractivity contribution in [2.75, 3.05) is 5.32 Å². The summed E-state index contributed by atoms with van der Waals surface area (Å²) in [6.07, 6.45) is 1.64. The lowest BCUT2D eigenvalue weighted by Gasteiger charge is -2.04. The van der Waals surface area contributed by atoms with E-state index in [4.69, 9.17) is 4.42 Å². The molecule has 5 heteroatoms. The minimum Gasteiger partial charge on any atom is -0.467 e. The first-order valence-electron chi connectivity index (χ1n) is 5.18. The molecule has 0 amide bonds. The van der Waals surface area contributed by atoms with E-state index in [-0.39, 0.29) is 5.69 Å². The number of anilines is 1. The fraction of sp³-hybridized carbons (Fsp3) is 0.167. The van der Waals surface area contributed by atoms with Crippen LogP contribution in [0.5, 0.6) is 0 Å². The summed E-state index contributed by atoms with van der Waals surface area (Å²) in [6, 6.07) is 8.19. The van der Waals surface area contributed by atoms with E-state index in [0.717, 1.165) is 17.0 Å². The lowest BCUT2D eigenvalue weighted by atomic mass is 10.2. The highest BCUT2D eigenvalue weighted by atomic mass is 16.6. The van der Waals surface area contributed by atoms with Crippen LogP contribution in [0.1, 0.15) is 11.3 Å². The Balaban J connectivity index is 2.00. The monoisotopic (exact) mass is 232 g/mol. The van der Waals surface area contributed by atoms with Gasteiger partial charge in [0.2, 0.25) is 0 Å². The van der Waals surface area contributed by atoms with Crippen LogP contribution in [0.4, 0.5) is 11.4 Å². The summed E-state index contributed by atoms with van der Waals surface area (Å²) in [4.78, 5) is 10.1. The quantitative estimate of drug-likeness (QED) is 0.649. The fourth-order valence-electron chi connectivity index (χ4n) is 1.47. The number of nitro benzene ring substituents is 1. The molecule has 17 heavy (non-hydrogen) atoms. The molecule has 0 radical (unpaired) electrons. The van der Waals surface area contributed by atoms with Crippen molar-refractivity contribution in [3.05, 3.63) is 58.0 Å². The number of aryl methyl sites for hydroxylation is 1. The molecule has 0 aliphatic carbocycles. The normalized spacial score (nSPS) is 10.2. The van der Waals surface area contributed by atoms with Gasteiger partial charge in [0.05, 0.1) is 17.7 Å². The van der Waals surface area contributed by atoms with E-state index < -0.39 is 4.92 Å². The first kappa shape index (κ1) is 11.2. The van der Waals surface area contributed by atoms with Crippen LogP contribution in [0.15, 0.2) is 41.0 Å². The number of nitrogens with one attached hydrogen (secondary N) is 1. The Hall–Kier alpha value is -2.30. The van der Waals surface area contributed by atoms with E-state index in [1.807, 2.05) is 13.0 Å². The lowest BCUT2D eigenvalue weighted by molar-refractivity contribution is -0.384. The average molecular weight is 232 g/mol. The molecule has 0 saturated carbocycles. The van der Waals surface area contributed by atoms with Crippen molar-refractivity contribution < 1.29 is 9.34 Å². The van der Waals surface area contributed by atoms with E-state index in [1.165, 1.54) is 12.1 Å². The topological polar surface area (TPSA) is 68.3 Å². The van der Waals surface area contributed by atoms with Gasteiger partial charge in [0, 0.05) is 17.8 Å². The average Bonchev–Trinajstić information content (AvgIpc) is 2.73. The smallest absolute Gasteiger partial charge is 0.269 e. The zero-order valence-corrected chi connectivity index (χ0v) is 9.34. The van der Waals surface area contributed by atoms with E-state index in [0.29, 0.717) is 6.54 Å². The molecule has 1 aromatic heterocycles. The van der Waals surface area contributed by atoms with Crippen LogP contribution in [0, 0.1) is 17.0 Å². The molecule has 0 atom stereocenters. The van der Waals surface area contributed by atoms with Crippen molar-refractivity contribution in [3.8, 4) is 0 Å². The van der Waals surface area contributed by atoms with Crippen LogP contribution in [-0.4, -0.2) is 4.92 Å². The number of non-ortho nitro benzene ring substituents is 1. The number of hydrogen-bond acceptors (Lipinski definition) is 4. The van der Waals surface area contributed by atoms with Gasteiger partial charge in [-0.05, 0) is 30.7 Å². The zero-order valence-electron chi connectivity index (χ0n) is 9.34. The third kappa shape index (κ3) is 2.63. The fourth-order valence-corrected chi connectivity index (χ4v) is 1.47. The van der Waals surface area contributed by atoms with Gasteiger partial charge in [0.25, 0.3) is 5.69 Å². The second-order valence-electron chi connectivity index (χ2n) is 3.68. The van der Waals surface area contributed by atoms with Crippen LogP contribution in [0.2, 0.25) is 0 Å². The Kier molecular flexibility index (Phi) is 3.09. The summed E-state index contributed by atoms with van der Waals surface area (Å²) < 4.78 is 5.28. The van der Waals surface area contributed by atoms with E-state index in [1.54, 1.807) is 18.4 Å². The van der Waals surface area contributed by atoms with Gasteiger partial charge in [-0.3, -0.25) is 10.1 Å². The van der Waals surface area contributed by atoms with Crippen LogP contribution < -0.4 is 5.32 Å². The Bertz CT molecular complexity index is 517. The number of hydrogen-bond donors (Lipinski definition) is 1. The summed E-state index contributed by atoms with van der Waals surface area (Å²) in [5, 5.41) is 13.6. The van der Waals surface area contributed by atoms with Gasteiger partial charge in [-0.2, -0.15) is 0 Å². The molecule has 1 N–H and O–H groups in total. The SMILES string of the molecule is Cc1ccoc1CNc1ccc([N+](=O)[O-])cc1. The summed E-state index contributed by atoms with van der Waals surface area (Å²) in [5.41, 5.74) is 2.00. The number of furan rings is 1. The number of rotatable bonds is 4. The summed E-state index contributed by atoms with van der Waals surface area (Å²) in [7, 11) is 0. The van der Waals surface area contributed by atoms with Crippen LogP contribution >= 0.6 is 0 Å². The third-order valence-electron chi connectivity index (χ3n) is 2.50. The molecule has 88 valence electrons. The summed E-state index contributed by atoms with van der Waals surface area (Å²) in [6.45, 7) is 2.53. The zero-order chi connectivity index (χ0) is 12.3. The Morgan fingerprint density at radius 2 is 2.00 bits per heavy atom. The van der Waals surface area contributed by atoms with Crippen molar-refractivity contribution >= 4 is 11.4 Å². The maximum absolute atomic E-state index is 10.5. The molecule has 0 unspecified atom stereocenters. The second kappa shape index (κ2) is 4.69. The minimum atomic E-state index is -0.416. The van der Waals surface area contributed by atoms with Crippen molar-refractivity contribution in [2.45, 2.75) is 13.5 Å². The maximum Gasteiger partial charge on any atom is 0.269 e. The predicted molar refractivity (Wildman–Crippen MR) is 63.9 cm³/mol. The first-order valence-corrected chi connectivity index (χ1v) is 5.18. The molecule has 2 rings (SSSR count). The van der Waals surface area contributed by atoms with E-state index >= 15 is 0 Å². The second-order valence-corrected chi connectivity index (χ2v) is 3.68. The molecule has 2 aromatic rings. The van der Waals surface area contributed by atoms with Crippen molar-refractivity contribution in [2.24, 2.45) is 0 Å². The van der Waals surface area contributed by atoms with Crippen molar-refractivity contribution in [1.82, 2.24) is 0 Å². The molecular formula is C12H12N2O3. The van der Waals surface area contributed by atoms with Gasteiger partial charge in [-0.25, -0.2) is 0 Å². The van der Waals surface area contributed by atoms with Gasteiger partial charge in [-0.15, -0.1) is 0 Å². The minimum absolute atomic E-state index is 0.0877. The Morgan fingerprint density at radius 3 is 2.53 bits per heavy atom. The van der Waals surface area contributed by atoms with Gasteiger partial charge in [0.1, 0.15) is 5.76 Å². The van der Waals surface area contributed by atoms with Crippen LogP contribution in [0.25, 0.3) is 0 Å². The number of nitro groups is 1. The Labute approximate surface area is 98.2 Å². The highest BCUT2D eigenvalue weighted by Gasteiger charge is 2.05. The lowest BCUT2D eigenvalue weighted by Crippen LogP contribution is -1.99. The number of nitrogens with zero attached hydrogens (tertiary/aromatic N) is 1. The standard InChI is InChI=1S/C12H12N2O3/c1-9-6-7-17-12(9)8-13-10-2-4-11(5-3-10)14(15)16/h2-7,13H,8H2,1H3. The molecule has 1 heterocycles. The van der Waals surface area contributed by atoms with Gasteiger partial charge < -0.3 is 9.73 Å². The third-order valence-corrected chi connectivity index (χ3v) is 2.50. The maximum atomic E-state index is 10.5. The summed E-state index contributed by atoms with van der Waals surface area (Å²) in [5.74, 6) is 0.864. The van der Waals surface area contributed by atoms with E-state index in [2.05, 4.69) is 5.32 Å². The molecule has 0 aliphatic heterocycles. The molecule has 0 saturated heterocycles. The van der Waals surface area contributed by atoms with Crippen LogP contribution in [-0.2, 0) is 6.54 Å². The molecule has 0 aliphatic rings. The Morgan fingerprint density at radius 1 is 1.29 bits per heavy atom. The number of benzene rings is 1. The highest BCUT2D eigenvalue weighted by molar-refractivity contribution is 5.48. The molecule has 0 bridgehead atoms. The van der Waals surface area contributed by atoms with Gasteiger partial charge in [-0.1, -0.05) is 0 Å². The predicted octanol–water partition coefficient (Wildman–Crippen LogP) is 3.11. The first-order chi connectivity index (χ1) is 8.16. The highest BCUT2D eigenvalue weighted by Crippen LogP contribution is 2.17. The largest absolute Gasteiger partial charge is 0.467 e. The molecule has 0 spiro atoms. The summed E-state index contributed by atoms with van der Waals surface area (Å²) >= 11 is 0. The molecular weight excluding hydrogens is 220 g/mol. The van der Waals surface area contributed by atoms with Crippen LogP contribution in [0.3, 0.4) is 0 Å². The van der Waals surface area contributed by atoms with E-state index in [9.17, 15) is 10.1 Å². The van der Waals surface area contributed by atoms with Crippen molar-refractivity contribution in [3.63, 3.8) is 0 Å². The van der Waals surface area contributed by atoms with Gasteiger partial charge in [0.15, 0.2) is 0 Å².